The highest BCUT2D eigenvalue weighted by molar-refractivity contribution is 5.99. The van der Waals surface area contributed by atoms with Crippen molar-refractivity contribution in [2.75, 3.05) is 5.73 Å². The van der Waals surface area contributed by atoms with Gasteiger partial charge in [0.05, 0.1) is 0 Å². The quantitative estimate of drug-likeness (QED) is 0.290. The third-order valence-electron chi connectivity index (χ3n) is 2.06. The van der Waals surface area contributed by atoms with E-state index in [4.69, 9.17) is 16.7 Å². The first-order valence-corrected chi connectivity index (χ1v) is 4.48. The molecule has 0 saturated heterocycles. The normalized spacial score (nSPS) is 11.8. The summed E-state index contributed by atoms with van der Waals surface area (Å²) in [5, 5.41) is 8.44. The summed E-state index contributed by atoms with van der Waals surface area (Å²) >= 11 is 0. The van der Waals surface area contributed by atoms with Crippen molar-refractivity contribution in [2.45, 2.75) is 6.42 Å². The first-order valence-electron chi connectivity index (χ1n) is 4.48. The van der Waals surface area contributed by atoms with Gasteiger partial charge >= 0.3 is 0 Å². The topological polar surface area (TPSA) is 131 Å². The van der Waals surface area contributed by atoms with Crippen LogP contribution in [0.2, 0.25) is 0 Å². The number of nitrogen functional groups attached to an aromatic ring is 1. The second-order valence-corrected chi connectivity index (χ2v) is 3.22. The van der Waals surface area contributed by atoms with E-state index in [0.29, 0.717) is 5.56 Å². The summed E-state index contributed by atoms with van der Waals surface area (Å²) in [7, 11) is 0. The summed E-state index contributed by atoms with van der Waals surface area (Å²) in [6.07, 6.45) is 1.52. The van der Waals surface area contributed by atoms with Gasteiger partial charge in [0.2, 0.25) is 5.91 Å². The molecule has 1 aromatic heterocycles. The molecule has 0 radical (unpaired) electrons. The number of hydroxylamine groups is 1. The van der Waals surface area contributed by atoms with Gasteiger partial charge in [0.25, 0.3) is 5.91 Å². The van der Waals surface area contributed by atoms with Gasteiger partial charge in [-0.15, -0.1) is 0 Å². The number of pyridine rings is 1. The molecule has 1 unspecified atom stereocenters. The van der Waals surface area contributed by atoms with Crippen molar-refractivity contribution in [3.8, 4) is 0 Å². The van der Waals surface area contributed by atoms with Crippen LogP contribution in [0.3, 0.4) is 0 Å². The zero-order valence-electron chi connectivity index (χ0n) is 8.38. The van der Waals surface area contributed by atoms with Gasteiger partial charge < -0.3 is 11.5 Å². The van der Waals surface area contributed by atoms with Crippen molar-refractivity contribution in [1.82, 2.24) is 10.5 Å². The molecule has 0 aliphatic heterocycles. The van der Waals surface area contributed by atoms with Crippen molar-refractivity contribution in [3.63, 3.8) is 0 Å². The number of nitrogens with zero attached hydrogens (tertiary/aromatic N) is 1. The lowest BCUT2D eigenvalue weighted by Gasteiger charge is -2.10. The fourth-order valence-electron chi connectivity index (χ4n) is 1.26. The first kappa shape index (κ1) is 11.9. The van der Waals surface area contributed by atoms with E-state index in [9.17, 15) is 9.59 Å². The summed E-state index contributed by atoms with van der Waals surface area (Å²) in [6.45, 7) is 0. The van der Waals surface area contributed by atoms with Crippen molar-refractivity contribution in [1.29, 1.82) is 0 Å². The van der Waals surface area contributed by atoms with E-state index >= 15 is 0 Å². The predicted octanol–water partition coefficient (Wildman–Crippen LogP) is -1.19. The molecule has 1 aromatic rings. The van der Waals surface area contributed by atoms with E-state index in [-0.39, 0.29) is 12.2 Å². The van der Waals surface area contributed by atoms with Crippen LogP contribution in [-0.2, 0) is 16.0 Å². The van der Waals surface area contributed by atoms with Crippen LogP contribution in [0.4, 0.5) is 5.82 Å². The monoisotopic (exact) mass is 224 g/mol. The fraction of sp³-hybridized carbons (Fsp3) is 0.222. The summed E-state index contributed by atoms with van der Waals surface area (Å²) in [4.78, 5) is 25.9. The molecule has 0 saturated carbocycles. The van der Waals surface area contributed by atoms with E-state index in [1.807, 2.05) is 0 Å². The molecule has 1 rings (SSSR count). The molecule has 7 nitrogen and oxygen atoms in total. The van der Waals surface area contributed by atoms with E-state index in [1.54, 1.807) is 6.07 Å². The maximum Gasteiger partial charge on any atom is 0.256 e. The molecule has 86 valence electrons. The van der Waals surface area contributed by atoms with Crippen LogP contribution in [0, 0.1) is 5.92 Å². The number of amides is 2. The minimum Gasteiger partial charge on any atom is -0.384 e. The number of carbonyl (C=O) groups excluding carboxylic acids is 2. The number of nitrogens with two attached hydrogens (primary N) is 2. The Morgan fingerprint density at radius 2 is 2.25 bits per heavy atom. The maximum absolute atomic E-state index is 11.1. The van der Waals surface area contributed by atoms with Crippen LogP contribution < -0.4 is 16.9 Å². The Kier molecular flexibility index (Phi) is 3.78. The Bertz CT molecular complexity index is 407. The summed E-state index contributed by atoms with van der Waals surface area (Å²) in [6, 6.07) is 3.14. The van der Waals surface area contributed by atoms with Gasteiger partial charge in [-0.1, -0.05) is 0 Å². The molecule has 0 spiro atoms. The van der Waals surface area contributed by atoms with Gasteiger partial charge in [0.1, 0.15) is 11.7 Å². The highest BCUT2D eigenvalue weighted by Gasteiger charge is 2.24. The number of rotatable bonds is 4. The largest absolute Gasteiger partial charge is 0.384 e. The van der Waals surface area contributed by atoms with Crippen LogP contribution in [0.25, 0.3) is 0 Å². The highest BCUT2D eigenvalue weighted by Crippen LogP contribution is 2.10. The number of aromatic nitrogens is 1. The van der Waals surface area contributed by atoms with Gasteiger partial charge in [-0.3, -0.25) is 14.8 Å². The third-order valence-corrected chi connectivity index (χ3v) is 2.06. The molecule has 1 heterocycles. The van der Waals surface area contributed by atoms with Gasteiger partial charge in [-0.2, -0.15) is 0 Å². The summed E-state index contributed by atoms with van der Waals surface area (Å²) < 4.78 is 0. The third kappa shape index (κ3) is 2.92. The second-order valence-electron chi connectivity index (χ2n) is 3.22. The van der Waals surface area contributed by atoms with Crippen LogP contribution in [-0.4, -0.2) is 22.0 Å². The molecule has 7 heteroatoms. The van der Waals surface area contributed by atoms with E-state index in [1.165, 1.54) is 17.7 Å². The molecule has 0 bridgehead atoms. The van der Waals surface area contributed by atoms with Crippen molar-refractivity contribution in [2.24, 2.45) is 11.7 Å². The SMILES string of the molecule is NC(=O)C(Cc1ccnc(N)c1)C(=O)NO. The summed E-state index contributed by atoms with van der Waals surface area (Å²) in [5.41, 5.74) is 12.5. The number of carbonyl (C=O) groups is 2. The minimum absolute atomic E-state index is 0.0639. The van der Waals surface area contributed by atoms with Crippen LogP contribution in [0.15, 0.2) is 18.3 Å². The van der Waals surface area contributed by atoms with Crippen LogP contribution in [0.5, 0.6) is 0 Å². The van der Waals surface area contributed by atoms with E-state index in [0.717, 1.165) is 0 Å². The maximum atomic E-state index is 11.1. The molecular formula is C9H12N4O3. The highest BCUT2D eigenvalue weighted by atomic mass is 16.5. The molecule has 0 aliphatic carbocycles. The first-order chi connectivity index (χ1) is 7.54. The lowest BCUT2D eigenvalue weighted by Crippen LogP contribution is -2.38. The number of nitrogens with one attached hydrogen (secondary N) is 1. The molecule has 0 fully saturated rings. The van der Waals surface area contributed by atoms with E-state index in [2.05, 4.69) is 4.98 Å². The lowest BCUT2D eigenvalue weighted by atomic mass is 9.99. The Morgan fingerprint density at radius 1 is 1.56 bits per heavy atom. The van der Waals surface area contributed by atoms with Crippen molar-refractivity contribution >= 4 is 17.6 Å². The lowest BCUT2D eigenvalue weighted by molar-refractivity contribution is -0.139. The van der Waals surface area contributed by atoms with Gasteiger partial charge in [-0.25, -0.2) is 10.5 Å². The van der Waals surface area contributed by atoms with Gasteiger partial charge in [-0.05, 0) is 24.1 Å². The number of hydrogen-bond donors (Lipinski definition) is 4. The zero-order valence-corrected chi connectivity index (χ0v) is 8.38. The average molecular weight is 224 g/mol. The number of hydrogen-bond acceptors (Lipinski definition) is 5. The molecule has 0 aliphatic rings. The Hall–Kier alpha value is -2.15. The van der Waals surface area contributed by atoms with Crippen molar-refractivity contribution < 1.29 is 14.8 Å². The Balaban J connectivity index is 2.84. The second kappa shape index (κ2) is 5.08. The molecule has 2 amide bonds. The molecule has 6 N–H and O–H groups in total. The fourth-order valence-corrected chi connectivity index (χ4v) is 1.26. The Labute approximate surface area is 91.4 Å². The molecule has 0 aromatic carbocycles. The number of primary amides is 1. The molecule has 1 atom stereocenters. The van der Waals surface area contributed by atoms with Crippen LogP contribution >= 0.6 is 0 Å². The smallest absolute Gasteiger partial charge is 0.256 e. The molecular weight excluding hydrogens is 212 g/mol. The zero-order chi connectivity index (χ0) is 12.1. The number of anilines is 1. The van der Waals surface area contributed by atoms with Gasteiger partial charge in [0.15, 0.2) is 0 Å². The van der Waals surface area contributed by atoms with Gasteiger partial charge in [0, 0.05) is 6.20 Å². The molecule has 16 heavy (non-hydrogen) atoms. The average Bonchev–Trinajstić information content (AvgIpc) is 2.24. The van der Waals surface area contributed by atoms with E-state index < -0.39 is 17.7 Å². The van der Waals surface area contributed by atoms with Crippen LogP contribution in [0.1, 0.15) is 5.56 Å². The Morgan fingerprint density at radius 3 is 2.75 bits per heavy atom. The predicted molar refractivity (Wildman–Crippen MR) is 55.0 cm³/mol. The minimum atomic E-state index is -1.13. The summed E-state index contributed by atoms with van der Waals surface area (Å²) in [5.74, 6) is -2.51. The standard InChI is InChI=1S/C9H12N4O3/c10-7-4-5(1-2-12-7)3-6(8(11)14)9(15)13-16/h1-2,4,6,16H,3H2,(H2,10,12)(H2,11,14)(H,13,15). The van der Waals surface area contributed by atoms with Crippen molar-refractivity contribution in [3.05, 3.63) is 23.9 Å².